The van der Waals surface area contributed by atoms with Gasteiger partial charge in [0.15, 0.2) is 5.76 Å². The maximum absolute atomic E-state index is 12.3. The molecule has 3 rings (SSSR count). The van der Waals surface area contributed by atoms with Crippen molar-refractivity contribution >= 4 is 17.5 Å². The van der Waals surface area contributed by atoms with E-state index in [0.29, 0.717) is 29.6 Å². The number of rotatable bonds is 6. The summed E-state index contributed by atoms with van der Waals surface area (Å²) < 4.78 is 10.3. The Labute approximate surface area is 133 Å². The number of halogens is 1. The molecular formula is C16H17ClN2O3. The molecule has 5 nitrogen and oxygen atoms in total. The molecule has 0 spiro atoms. The quantitative estimate of drug-likeness (QED) is 0.831. The van der Waals surface area contributed by atoms with Crippen molar-refractivity contribution in [3.63, 3.8) is 0 Å². The van der Waals surface area contributed by atoms with E-state index < -0.39 is 5.41 Å². The Morgan fingerprint density at radius 1 is 1.41 bits per heavy atom. The Hall–Kier alpha value is -1.85. The van der Waals surface area contributed by atoms with Crippen molar-refractivity contribution in [3.05, 3.63) is 41.0 Å². The minimum atomic E-state index is -0.540. The fourth-order valence-corrected chi connectivity index (χ4v) is 2.54. The number of amides is 1. The highest BCUT2D eigenvalue weighted by atomic mass is 35.5. The van der Waals surface area contributed by atoms with Crippen LogP contribution < -0.4 is 5.32 Å². The van der Waals surface area contributed by atoms with Crippen LogP contribution in [0, 0.1) is 0 Å². The maximum Gasteiger partial charge on any atom is 0.232 e. The molecule has 1 aromatic carbocycles. The Kier molecular flexibility index (Phi) is 4.18. The molecule has 1 amide bonds. The van der Waals surface area contributed by atoms with E-state index in [1.165, 1.54) is 0 Å². The van der Waals surface area contributed by atoms with Crippen LogP contribution >= 0.6 is 11.6 Å². The second-order valence-corrected chi connectivity index (χ2v) is 5.85. The SMILES string of the molecule is COCCNC(=O)C1(c2cc(-c3ccc(Cl)cc3)on2)CC1. The summed E-state index contributed by atoms with van der Waals surface area (Å²) in [5.41, 5.74) is 1.04. The maximum atomic E-state index is 12.3. The molecule has 1 aliphatic rings. The van der Waals surface area contributed by atoms with Crippen molar-refractivity contribution in [2.24, 2.45) is 0 Å². The Morgan fingerprint density at radius 3 is 2.77 bits per heavy atom. The number of methoxy groups -OCH3 is 1. The number of carbonyl (C=O) groups is 1. The molecule has 0 atom stereocenters. The smallest absolute Gasteiger partial charge is 0.232 e. The van der Waals surface area contributed by atoms with Crippen LogP contribution in [-0.4, -0.2) is 31.3 Å². The van der Waals surface area contributed by atoms with Crippen LogP contribution in [0.2, 0.25) is 5.02 Å². The van der Waals surface area contributed by atoms with Gasteiger partial charge in [-0.25, -0.2) is 0 Å². The summed E-state index contributed by atoms with van der Waals surface area (Å²) in [7, 11) is 1.61. The number of carbonyl (C=O) groups excluding carboxylic acids is 1. The highest BCUT2D eigenvalue weighted by Crippen LogP contribution is 2.48. The Morgan fingerprint density at radius 2 is 2.14 bits per heavy atom. The summed E-state index contributed by atoms with van der Waals surface area (Å²) in [6.07, 6.45) is 1.58. The zero-order valence-corrected chi connectivity index (χ0v) is 13.0. The predicted octanol–water partition coefficient (Wildman–Crippen LogP) is 2.79. The second kappa shape index (κ2) is 6.10. The predicted molar refractivity (Wildman–Crippen MR) is 82.7 cm³/mol. The molecule has 0 aliphatic heterocycles. The number of ether oxygens (including phenoxy) is 1. The van der Waals surface area contributed by atoms with Gasteiger partial charge in [-0.05, 0) is 37.1 Å². The third-order valence-electron chi connectivity index (χ3n) is 3.91. The van der Waals surface area contributed by atoms with Gasteiger partial charge >= 0.3 is 0 Å². The van der Waals surface area contributed by atoms with E-state index >= 15 is 0 Å². The zero-order valence-electron chi connectivity index (χ0n) is 12.3. The molecule has 1 fully saturated rings. The number of nitrogens with zero attached hydrogens (tertiary/aromatic N) is 1. The summed E-state index contributed by atoms with van der Waals surface area (Å²) in [4.78, 5) is 12.3. The molecule has 116 valence electrons. The Balaban J connectivity index is 1.75. The second-order valence-electron chi connectivity index (χ2n) is 5.41. The largest absolute Gasteiger partial charge is 0.383 e. The summed E-state index contributed by atoms with van der Waals surface area (Å²) in [5.74, 6) is 0.628. The summed E-state index contributed by atoms with van der Waals surface area (Å²) in [5, 5.41) is 7.64. The van der Waals surface area contributed by atoms with Gasteiger partial charge in [0.25, 0.3) is 0 Å². The molecule has 1 saturated carbocycles. The molecule has 0 unspecified atom stereocenters. The lowest BCUT2D eigenvalue weighted by Gasteiger charge is -2.11. The van der Waals surface area contributed by atoms with E-state index in [-0.39, 0.29) is 5.91 Å². The monoisotopic (exact) mass is 320 g/mol. The van der Waals surface area contributed by atoms with Gasteiger partial charge in [-0.15, -0.1) is 0 Å². The molecule has 1 aliphatic carbocycles. The van der Waals surface area contributed by atoms with Gasteiger partial charge in [0.1, 0.15) is 0 Å². The average molecular weight is 321 g/mol. The average Bonchev–Trinajstić information content (AvgIpc) is 3.19. The first-order chi connectivity index (χ1) is 10.7. The molecule has 2 aromatic rings. The van der Waals surface area contributed by atoms with Crippen LogP contribution in [0.1, 0.15) is 18.5 Å². The van der Waals surface area contributed by atoms with Crippen molar-refractivity contribution in [1.82, 2.24) is 10.5 Å². The van der Waals surface area contributed by atoms with Crippen molar-refractivity contribution in [1.29, 1.82) is 0 Å². The summed E-state index contributed by atoms with van der Waals surface area (Å²) in [6.45, 7) is 0.996. The number of hydrogen-bond donors (Lipinski definition) is 1. The number of benzene rings is 1. The fraction of sp³-hybridized carbons (Fsp3) is 0.375. The van der Waals surface area contributed by atoms with Crippen molar-refractivity contribution < 1.29 is 14.1 Å². The number of aromatic nitrogens is 1. The standard InChI is InChI=1S/C16H17ClN2O3/c1-21-9-8-18-15(20)16(6-7-16)14-10-13(22-19-14)11-2-4-12(17)5-3-11/h2-5,10H,6-9H2,1H3,(H,18,20). The highest BCUT2D eigenvalue weighted by molar-refractivity contribution is 6.30. The van der Waals surface area contributed by atoms with Crippen LogP contribution in [0.4, 0.5) is 0 Å². The van der Waals surface area contributed by atoms with Crippen molar-refractivity contribution in [3.8, 4) is 11.3 Å². The van der Waals surface area contributed by atoms with Gasteiger partial charge in [0.2, 0.25) is 5.91 Å². The van der Waals surface area contributed by atoms with Gasteiger partial charge in [-0.2, -0.15) is 0 Å². The van der Waals surface area contributed by atoms with E-state index in [2.05, 4.69) is 10.5 Å². The minimum Gasteiger partial charge on any atom is -0.383 e. The Bertz CT molecular complexity index is 662. The van der Waals surface area contributed by atoms with Gasteiger partial charge in [-0.3, -0.25) is 4.79 Å². The highest BCUT2D eigenvalue weighted by Gasteiger charge is 2.53. The molecular weight excluding hydrogens is 304 g/mol. The van der Waals surface area contributed by atoms with E-state index in [9.17, 15) is 4.79 Å². The first-order valence-corrected chi connectivity index (χ1v) is 7.54. The number of nitrogens with one attached hydrogen (secondary N) is 1. The molecule has 1 heterocycles. The molecule has 1 aromatic heterocycles. The third-order valence-corrected chi connectivity index (χ3v) is 4.16. The molecule has 0 radical (unpaired) electrons. The lowest BCUT2D eigenvalue weighted by Crippen LogP contribution is -2.36. The topological polar surface area (TPSA) is 64.4 Å². The van der Waals surface area contributed by atoms with E-state index in [4.69, 9.17) is 20.9 Å². The van der Waals surface area contributed by atoms with Crippen LogP contribution in [-0.2, 0) is 14.9 Å². The van der Waals surface area contributed by atoms with Gasteiger partial charge in [-0.1, -0.05) is 16.8 Å². The molecule has 22 heavy (non-hydrogen) atoms. The molecule has 0 bridgehead atoms. The zero-order chi connectivity index (χ0) is 15.6. The fourth-order valence-electron chi connectivity index (χ4n) is 2.41. The third kappa shape index (κ3) is 2.87. The molecule has 1 N–H and O–H groups in total. The van der Waals surface area contributed by atoms with E-state index in [1.54, 1.807) is 19.2 Å². The van der Waals surface area contributed by atoms with Gasteiger partial charge < -0.3 is 14.6 Å². The van der Waals surface area contributed by atoms with Gasteiger partial charge in [0.05, 0.1) is 17.7 Å². The number of hydrogen-bond acceptors (Lipinski definition) is 4. The lowest BCUT2D eigenvalue weighted by molar-refractivity contribution is -0.123. The van der Waals surface area contributed by atoms with Crippen molar-refractivity contribution in [2.75, 3.05) is 20.3 Å². The summed E-state index contributed by atoms with van der Waals surface area (Å²) >= 11 is 5.88. The van der Waals surface area contributed by atoms with E-state index in [1.807, 2.05) is 18.2 Å². The van der Waals surface area contributed by atoms with Crippen LogP contribution in [0.15, 0.2) is 34.9 Å². The van der Waals surface area contributed by atoms with E-state index in [0.717, 1.165) is 18.4 Å². The minimum absolute atomic E-state index is 0.0134. The first-order valence-electron chi connectivity index (χ1n) is 7.16. The van der Waals surface area contributed by atoms with Crippen LogP contribution in [0.25, 0.3) is 11.3 Å². The van der Waals surface area contributed by atoms with Crippen molar-refractivity contribution in [2.45, 2.75) is 18.3 Å². The summed E-state index contributed by atoms with van der Waals surface area (Å²) in [6, 6.07) is 9.16. The first kappa shape index (κ1) is 15.1. The van der Waals surface area contributed by atoms with Gasteiger partial charge in [0, 0.05) is 30.3 Å². The van der Waals surface area contributed by atoms with Crippen LogP contribution in [0.3, 0.4) is 0 Å². The molecule has 0 saturated heterocycles. The lowest BCUT2D eigenvalue weighted by atomic mass is 10.0. The van der Waals surface area contributed by atoms with Crippen LogP contribution in [0.5, 0.6) is 0 Å². The molecule has 6 heteroatoms. The normalized spacial score (nSPS) is 15.5.